The van der Waals surface area contributed by atoms with Gasteiger partial charge in [-0.15, -0.1) is 10.2 Å². The SMILES string of the molecule is CC[C@@H](C)N(C(=O)CSc1nnc(NC)s1)[C@H](C)CC. The molecule has 0 bridgehead atoms. The van der Waals surface area contributed by atoms with Gasteiger partial charge in [0.25, 0.3) is 0 Å². The van der Waals surface area contributed by atoms with Gasteiger partial charge < -0.3 is 10.2 Å². The third-order valence-electron chi connectivity index (χ3n) is 3.36. The van der Waals surface area contributed by atoms with Crippen molar-refractivity contribution in [3.8, 4) is 0 Å². The molecule has 114 valence electrons. The second-order valence-electron chi connectivity index (χ2n) is 4.73. The van der Waals surface area contributed by atoms with Gasteiger partial charge in [-0.25, -0.2) is 0 Å². The van der Waals surface area contributed by atoms with E-state index >= 15 is 0 Å². The minimum atomic E-state index is 0.180. The number of carbonyl (C=O) groups excluding carboxylic acids is 1. The van der Waals surface area contributed by atoms with Crippen LogP contribution in [0.5, 0.6) is 0 Å². The number of rotatable bonds is 8. The summed E-state index contributed by atoms with van der Waals surface area (Å²) >= 11 is 2.94. The van der Waals surface area contributed by atoms with Crippen LogP contribution in [0.15, 0.2) is 4.34 Å². The van der Waals surface area contributed by atoms with E-state index in [9.17, 15) is 4.79 Å². The largest absolute Gasteiger partial charge is 0.363 e. The first-order valence-corrected chi connectivity index (χ1v) is 8.78. The van der Waals surface area contributed by atoms with E-state index in [0.29, 0.717) is 5.75 Å². The van der Waals surface area contributed by atoms with Gasteiger partial charge in [0.1, 0.15) is 0 Å². The van der Waals surface area contributed by atoms with Crippen LogP contribution in [-0.4, -0.2) is 45.9 Å². The van der Waals surface area contributed by atoms with Gasteiger partial charge in [0.2, 0.25) is 11.0 Å². The summed E-state index contributed by atoms with van der Waals surface area (Å²) in [5.41, 5.74) is 0. The van der Waals surface area contributed by atoms with Crippen molar-refractivity contribution in [3.05, 3.63) is 0 Å². The molecular weight excluding hydrogens is 292 g/mol. The number of aromatic nitrogens is 2. The quantitative estimate of drug-likeness (QED) is 0.747. The summed E-state index contributed by atoms with van der Waals surface area (Å²) in [4.78, 5) is 14.4. The lowest BCUT2D eigenvalue weighted by Crippen LogP contribution is -2.45. The fraction of sp³-hybridized carbons (Fsp3) is 0.769. The molecule has 1 rings (SSSR count). The van der Waals surface area contributed by atoms with Crippen LogP contribution in [0.25, 0.3) is 0 Å². The van der Waals surface area contributed by atoms with E-state index < -0.39 is 0 Å². The molecular formula is C13H24N4OS2. The Morgan fingerprint density at radius 1 is 1.30 bits per heavy atom. The van der Waals surface area contributed by atoms with Crippen molar-refractivity contribution in [3.63, 3.8) is 0 Å². The van der Waals surface area contributed by atoms with Gasteiger partial charge in [-0.1, -0.05) is 36.9 Å². The fourth-order valence-electron chi connectivity index (χ4n) is 1.89. The number of amides is 1. The third-order valence-corrected chi connectivity index (χ3v) is 5.42. The molecule has 0 aliphatic heterocycles. The Hall–Kier alpha value is -0.820. The van der Waals surface area contributed by atoms with Gasteiger partial charge >= 0.3 is 0 Å². The topological polar surface area (TPSA) is 58.1 Å². The van der Waals surface area contributed by atoms with Gasteiger partial charge in [-0.2, -0.15) is 0 Å². The summed E-state index contributed by atoms with van der Waals surface area (Å²) in [6.07, 6.45) is 1.95. The number of hydrogen-bond acceptors (Lipinski definition) is 6. The standard InChI is InChI=1S/C13H24N4OS2/c1-6-9(3)17(10(4)7-2)11(18)8-19-13-16-15-12(14-5)20-13/h9-10H,6-8H2,1-5H3,(H,14,15)/t9-,10-/m1/s1. The molecule has 5 nitrogen and oxygen atoms in total. The van der Waals surface area contributed by atoms with E-state index in [1.807, 2.05) is 11.9 Å². The van der Waals surface area contributed by atoms with Gasteiger partial charge in [-0.05, 0) is 26.7 Å². The monoisotopic (exact) mass is 316 g/mol. The number of thioether (sulfide) groups is 1. The van der Waals surface area contributed by atoms with Crippen LogP contribution >= 0.6 is 23.1 Å². The molecule has 0 radical (unpaired) electrons. The molecule has 0 aromatic carbocycles. The molecule has 1 aromatic heterocycles. The maximum atomic E-state index is 12.4. The lowest BCUT2D eigenvalue weighted by molar-refractivity contribution is -0.132. The van der Waals surface area contributed by atoms with Gasteiger partial charge in [0, 0.05) is 19.1 Å². The first kappa shape index (κ1) is 17.2. The Kier molecular flexibility index (Phi) is 7.29. The van der Waals surface area contributed by atoms with E-state index in [1.165, 1.54) is 23.1 Å². The van der Waals surface area contributed by atoms with Crippen LogP contribution in [0.2, 0.25) is 0 Å². The zero-order valence-corrected chi connectivity index (χ0v) is 14.5. The number of hydrogen-bond donors (Lipinski definition) is 1. The third kappa shape index (κ3) is 4.63. The predicted molar refractivity (Wildman–Crippen MR) is 86.5 cm³/mol. The summed E-state index contributed by atoms with van der Waals surface area (Å²) in [5, 5.41) is 11.7. The smallest absolute Gasteiger partial charge is 0.233 e. The average Bonchev–Trinajstić information content (AvgIpc) is 2.92. The highest BCUT2D eigenvalue weighted by Crippen LogP contribution is 2.26. The molecule has 1 amide bonds. The summed E-state index contributed by atoms with van der Waals surface area (Å²) in [7, 11) is 1.81. The van der Waals surface area contributed by atoms with Crippen LogP contribution in [0.1, 0.15) is 40.5 Å². The molecule has 7 heteroatoms. The Morgan fingerprint density at radius 3 is 2.35 bits per heavy atom. The number of nitrogens with one attached hydrogen (secondary N) is 1. The van der Waals surface area contributed by atoms with Gasteiger partial charge in [-0.3, -0.25) is 4.79 Å². The molecule has 0 spiro atoms. The summed E-state index contributed by atoms with van der Waals surface area (Å²) < 4.78 is 0.830. The molecule has 2 atom stereocenters. The lowest BCUT2D eigenvalue weighted by atomic mass is 10.1. The molecule has 0 aliphatic carbocycles. The Balaban J connectivity index is 2.61. The summed E-state index contributed by atoms with van der Waals surface area (Å²) in [5.74, 6) is 0.604. The molecule has 1 aromatic rings. The van der Waals surface area contributed by atoms with Crippen molar-refractivity contribution in [1.82, 2.24) is 15.1 Å². The van der Waals surface area contributed by atoms with Crippen LogP contribution in [-0.2, 0) is 4.79 Å². The first-order chi connectivity index (χ1) is 9.53. The molecule has 0 saturated carbocycles. The number of nitrogens with zero attached hydrogens (tertiary/aromatic N) is 3. The zero-order chi connectivity index (χ0) is 15.1. The van der Waals surface area contributed by atoms with Crippen LogP contribution in [0.4, 0.5) is 5.13 Å². The van der Waals surface area contributed by atoms with E-state index in [2.05, 4.69) is 43.2 Å². The first-order valence-electron chi connectivity index (χ1n) is 6.98. The van der Waals surface area contributed by atoms with Gasteiger partial charge in [0.05, 0.1) is 5.75 Å². The molecule has 20 heavy (non-hydrogen) atoms. The minimum Gasteiger partial charge on any atom is -0.363 e. The Labute approximate surface area is 129 Å². The molecule has 0 aliphatic rings. The highest BCUT2D eigenvalue weighted by molar-refractivity contribution is 8.01. The molecule has 1 N–H and O–H groups in total. The zero-order valence-electron chi connectivity index (χ0n) is 12.8. The highest BCUT2D eigenvalue weighted by atomic mass is 32.2. The lowest BCUT2D eigenvalue weighted by Gasteiger charge is -2.33. The number of anilines is 1. The normalized spacial score (nSPS) is 13.8. The number of carbonyl (C=O) groups is 1. The summed E-state index contributed by atoms with van der Waals surface area (Å²) in [6.45, 7) is 8.45. The van der Waals surface area contributed by atoms with Crippen LogP contribution in [0.3, 0.4) is 0 Å². The molecule has 0 saturated heterocycles. The Morgan fingerprint density at radius 2 is 1.90 bits per heavy atom. The van der Waals surface area contributed by atoms with Crippen molar-refractivity contribution in [2.75, 3.05) is 18.1 Å². The highest BCUT2D eigenvalue weighted by Gasteiger charge is 2.23. The van der Waals surface area contributed by atoms with Crippen molar-refractivity contribution in [2.45, 2.75) is 57.0 Å². The molecule has 1 heterocycles. The maximum absolute atomic E-state index is 12.4. The van der Waals surface area contributed by atoms with E-state index in [-0.39, 0.29) is 18.0 Å². The summed E-state index contributed by atoms with van der Waals surface area (Å²) in [6, 6.07) is 0.556. The average molecular weight is 316 g/mol. The van der Waals surface area contributed by atoms with Crippen molar-refractivity contribution >= 4 is 34.1 Å². The second-order valence-corrected chi connectivity index (χ2v) is 6.93. The molecule has 0 fully saturated rings. The van der Waals surface area contributed by atoms with Gasteiger partial charge in [0.15, 0.2) is 4.34 Å². The van der Waals surface area contributed by atoms with E-state index in [1.54, 1.807) is 0 Å². The maximum Gasteiger partial charge on any atom is 0.233 e. The second kappa shape index (κ2) is 8.46. The predicted octanol–water partition coefficient (Wildman–Crippen LogP) is 3.10. The van der Waals surface area contributed by atoms with Crippen LogP contribution < -0.4 is 5.32 Å². The minimum absolute atomic E-state index is 0.180. The molecule has 0 unspecified atom stereocenters. The van der Waals surface area contributed by atoms with Crippen LogP contribution in [0, 0.1) is 0 Å². The van der Waals surface area contributed by atoms with Crippen molar-refractivity contribution in [2.24, 2.45) is 0 Å². The van der Waals surface area contributed by atoms with Crippen molar-refractivity contribution in [1.29, 1.82) is 0 Å². The van der Waals surface area contributed by atoms with E-state index in [4.69, 9.17) is 0 Å². The van der Waals surface area contributed by atoms with Crippen molar-refractivity contribution < 1.29 is 4.79 Å². The fourth-order valence-corrected chi connectivity index (χ4v) is 3.46. The van der Waals surface area contributed by atoms with E-state index in [0.717, 1.165) is 22.3 Å². The Bertz CT molecular complexity index is 414.